The molecule has 196 valence electrons. The lowest BCUT2D eigenvalue weighted by Gasteiger charge is -2.56. The number of allylic oxidation sites excluding steroid dienone is 6. The summed E-state index contributed by atoms with van der Waals surface area (Å²) in [6.45, 7) is 20.9. The first-order chi connectivity index (χ1) is 16.2. The number of aliphatic carboxylic acids is 1. The number of alkyl halides is 1. The third-order valence-electron chi connectivity index (χ3n) is 8.25. The molecule has 0 aromatic heterocycles. The van der Waals surface area contributed by atoms with Crippen molar-refractivity contribution in [3.05, 3.63) is 49.1 Å². The molecule has 1 N–H and O–H groups in total. The molecule has 4 heteroatoms. The van der Waals surface area contributed by atoms with Crippen LogP contribution in [-0.4, -0.2) is 23.3 Å². The molecule has 2 nitrogen and oxygen atoms in total. The first kappa shape index (κ1) is 32.7. The highest BCUT2D eigenvalue weighted by Crippen LogP contribution is 2.65. The zero-order valence-electron chi connectivity index (χ0n) is 22.9. The first-order valence-electron chi connectivity index (χ1n) is 13.0. The largest absolute Gasteiger partial charge is 0.481 e. The Bertz CT molecular complexity index is 683. The molecule has 0 aromatic carbocycles. The van der Waals surface area contributed by atoms with Crippen LogP contribution in [0.25, 0.3) is 0 Å². The first-order valence-corrected chi connectivity index (χ1v) is 14.4. The molecule has 0 aliphatic heterocycles. The summed E-state index contributed by atoms with van der Waals surface area (Å²) in [5, 5.41) is 7.72. The standard InChI is InChI=1S/C23H34.C3H6O2.C2H5FS.C2H6/c1-6-9-18-10-12-19-20-13-11-17(8-3)23(20,5)16-14-21(19)22(18,4)15-7-2;1-2-3(4)5;1-4-2-3;1-2/h6-9,15,17,19-21H,1,3,10-14,16H2,2,4-5H3;2H2,1H3,(H,4,5);2H2,1H3;1-2H3/b15-7-,18-9-;;;. The van der Waals surface area contributed by atoms with E-state index in [1.807, 2.05) is 19.9 Å². The van der Waals surface area contributed by atoms with Crippen molar-refractivity contribution in [3.8, 4) is 0 Å². The second-order valence-electron chi connectivity index (χ2n) is 9.73. The summed E-state index contributed by atoms with van der Waals surface area (Å²) in [5.74, 6) is 2.60. The fraction of sp³-hybridized carbons (Fsp3) is 0.700. The number of thioether (sulfide) groups is 1. The van der Waals surface area contributed by atoms with Crippen molar-refractivity contribution in [2.45, 2.75) is 86.5 Å². The average molecular weight is 495 g/mol. The van der Waals surface area contributed by atoms with Crippen LogP contribution in [0.3, 0.4) is 0 Å². The van der Waals surface area contributed by atoms with E-state index in [0.29, 0.717) is 5.41 Å². The van der Waals surface area contributed by atoms with Gasteiger partial charge in [-0.3, -0.25) is 4.79 Å². The number of carbonyl (C=O) groups is 1. The van der Waals surface area contributed by atoms with Crippen molar-refractivity contribution >= 4 is 17.7 Å². The van der Waals surface area contributed by atoms with E-state index >= 15 is 0 Å². The number of fused-ring (bicyclic) bond motifs is 3. The van der Waals surface area contributed by atoms with Crippen LogP contribution in [0.2, 0.25) is 0 Å². The molecular formula is C30H51FO2S. The Balaban J connectivity index is 0.000000839. The molecule has 3 aliphatic rings. The molecule has 0 amide bonds. The molecule has 6 atom stereocenters. The van der Waals surface area contributed by atoms with E-state index < -0.39 is 5.97 Å². The van der Waals surface area contributed by atoms with Crippen LogP contribution in [0.15, 0.2) is 49.1 Å². The van der Waals surface area contributed by atoms with Crippen LogP contribution >= 0.6 is 11.8 Å². The molecule has 3 fully saturated rings. The smallest absolute Gasteiger partial charge is 0.303 e. The lowest BCUT2D eigenvalue weighted by molar-refractivity contribution is -0.136. The van der Waals surface area contributed by atoms with Gasteiger partial charge >= 0.3 is 5.97 Å². The maximum absolute atomic E-state index is 10.7. The number of carboxylic acids is 1. The van der Waals surface area contributed by atoms with Crippen LogP contribution in [0.1, 0.15) is 86.5 Å². The molecule has 6 unspecified atom stereocenters. The van der Waals surface area contributed by atoms with Gasteiger partial charge in [0.2, 0.25) is 0 Å². The van der Waals surface area contributed by atoms with Crippen molar-refractivity contribution in [1.82, 2.24) is 0 Å². The Labute approximate surface area is 214 Å². The van der Waals surface area contributed by atoms with Crippen LogP contribution < -0.4 is 0 Å². The highest BCUT2D eigenvalue weighted by molar-refractivity contribution is 7.98. The van der Waals surface area contributed by atoms with E-state index in [4.69, 9.17) is 5.11 Å². The van der Waals surface area contributed by atoms with E-state index in [1.54, 1.807) is 18.8 Å². The van der Waals surface area contributed by atoms with Crippen molar-refractivity contribution in [2.24, 2.45) is 34.5 Å². The summed E-state index contributed by atoms with van der Waals surface area (Å²) in [6.07, 6.45) is 21.4. The van der Waals surface area contributed by atoms with Gasteiger partial charge in [-0.05, 0) is 80.8 Å². The number of halogens is 1. The predicted molar refractivity (Wildman–Crippen MR) is 150 cm³/mol. The van der Waals surface area contributed by atoms with Crippen molar-refractivity contribution in [1.29, 1.82) is 0 Å². The quantitative estimate of drug-likeness (QED) is 0.387. The molecule has 0 bridgehead atoms. The molecule has 0 saturated heterocycles. The Morgan fingerprint density at radius 3 is 2.21 bits per heavy atom. The summed E-state index contributed by atoms with van der Waals surface area (Å²) in [5.41, 5.74) is 2.35. The molecule has 0 radical (unpaired) electrons. The topological polar surface area (TPSA) is 37.3 Å². The minimum absolute atomic E-state index is 0.222. The van der Waals surface area contributed by atoms with E-state index in [9.17, 15) is 9.18 Å². The molecular weight excluding hydrogens is 443 g/mol. The predicted octanol–water partition coefficient (Wildman–Crippen LogP) is 9.50. The molecule has 3 aliphatic carbocycles. The Morgan fingerprint density at radius 1 is 1.18 bits per heavy atom. The molecule has 0 aromatic rings. The number of rotatable bonds is 5. The second kappa shape index (κ2) is 16.4. The maximum atomic E-state index is 10.7. The molecule has 0 heterocycles. The Morgan fingerprint density at radius 2 is 1.76 bits per heavy atom. The van der Waals surface area contributed by atoms with Crippen LogP contribution in [0, 0.1) is 34.5 Å². The third-order valence-corrected chi connectivity index (χ3v) is 8.47. The zero-order valence-corrected chi connectivity index (χ0v) is 23.7. The third kappa shape index (κ3) is 7.86. The van der Waals surface area contributed by atoms with E-state index in [0.717, 1.165) is 23.7 Å². The van der Waals surface area contributed by atoms with E-state index in [-0.39, 0.29) is 17.8 Å². The normalized spacial score (nSPS) is 34.8. The van der Waals surface area contributed by atoms with Gasteiger partial charge < -0.3 is 5.11 Å². The SMILES string of the molecule is C=C/C=C1/CCC2C(CCC3(C)C(C=C)CCC23)C1(C)/C=C\C.CC.CCC(=O)O.CSCF. The van der Waals surface area contributed by atoms with Gasteiger partial charge in [-0.1, -0.05) is 77.2 Å². The van der Waals surface area contributed by atoms with Crippen LogP contribution in [-0.2, 0) is 4.79 Å². The Hall–Kier alpha value is -1.29. The van der Waals surface area contributed by atoms with E-state index in [1.165, 1.54) is 50.3 Å². The molecule has 3 saturated carbocycles. The summed E-state index contributed by atoms with van der Waals surface area (Å²) >= 11 is 1.19. The van der Waals surface area contributed by atoms with Crippen LogP contribution in [0.4, 0.5) is 4.39 Å². The Kier molecular flexibility index (Phi) is 15.8. The maximum Gasteiger partial charge on any atom is 0.303 e. The number of carboxylic acid groups (broad SMARTS) is 1. The van der Waals surface area contributed by atoms with Gasteiger partial charge in [0.05, 0.1) is 0 Å². The van der Waals surface area contributed by atoms with Crippen molar-refractivity contribution in [2.75, 3.05) is 12.3 Å². The average Bonchev–Trinajstić information content (AvgIpc) is 3.19. The fourth-order valence-electron chi connectivity index (χ4n) is 6.67. The highest BCUT2D eigenvalue weighted by atomic mass is 32.2. The number of hydrogen-bond acceptors (Lipinski definition) is 2. The van der Waals surface area contributed by atoms with E-state index in [2.05, 4.69) is 58.2 Å². The van der Waals surface area contributed by atoms with Gasteiger partial charge in [0.25, 0.3) is 0 Å². The second-order valence-corrected chi connectivity index (χ2v) is 10.5. The van der Waals surface area contributed by atoms with Gasteiger partial charge in [0.1, 0.15) is 6.01 Å². The minimum Gasteiger partial charge on any atom is -0.481 e. The lowest BCUT2D eigenvalue weighted by atomic mass is 9.48. The molecule has 0 spiro atoms. The van der Waals surface area contributed by atoms with Crippen molar-refractivity contribution in [3.63, 3.8) is 0 Å². The van der Waals surface area contributed by atoms with Gasteiger partial charge in [-0.25, -0.2) is 4.39 Å². The summed E-state index contributed by atoms with van der Waals surface area (Å²) in [4.78, 5) is 9.37. The van der Waals surface area contributed by atoms with Crippen molar-refractivity contribution < 1.29 is 14.3 Å². The molecule has 34 heavy (non-hydrogen) atoms. The highest BCUT2D eigenvalue weighted by Gasteiger charge is 2.57. The lowest BCUT2D eigenvalue weighted by Crippen LogP contribution is -2.48. The monoisotopic (exact) mass is 494 g/mol. The van der Waals surface area contributed by atoms with Gasteiger partial charge in [-0.2, -0.15) is 0 Å². The summed E-state index contributed by atoms with van der Waals surface area (Å²) in [7, 11) is 0. The summed E-state index contributed by atoms with van der Waals surface area (Å²) < 4.78 is 10.7. The number of hydrogen-bond donors (Lipinski definition) is 1. The zero-order chi connectivity index (χ0) is 26.4. The minimum atomic E-state index is -0.745. The fourth-order valence-corrected chi connectivity index (χ4v) is 6.67. The summed E-state index contributed by atoms with van der Waals surface area (Å²) in [6, 6.07) is -0.264. The molecule has 3 rings (SSSR count). The van der Waals surface area contributed by atoms with Gasteiger partial charge in [-0.15, -0.1) is 18.3 Å². The van der Waals surface area contributed by atoms with Crippen LogP contribution in [0.5, 0.6) is 0 Å². The van der Waals surface area contributed by atoms with Gasteiger partial charge in [0, 0.05) is 11.8 Å². The van der Waals surface area contributed by atoms with Gasteiger partial charge in [0.15, 0.2) is 0 Å².